The molecule has 1 aliphatic heterocycles. The highest BCUT2D eigenvalue weighted by atomic mass is 16.6. The van der Waals surface area contributed by atoms with E-state index in [4.69, 9.17) is 9.84 Å². The zero-order valence-corrected chi connectivity index (χ0v) is 11.9. The molecule has 108 valence electrons. The lowest BCUT2D eigenvalue weighted by molar-refractivity contribution is -0.177. The molecule has 0 aromatic heterocycles. The summed E-state index contributed by atoms with van der Waals surface area (Å²) < 4.78 is 5.48. The molecule has 0 bridgehead atoms. The Bertz CT molecular complexity index is 379. The second-order valence-corrected chi connectivity index (χ2v) is 6.85. The number of hydrogen-bond donors (Lipinski definition) is 2. The van der Waals surface area contributed by atoms with Crippen molar-refractivity contribution in [3.05, 3.63) is 0 Å². The fraction of sp³-hybridized carbons (Fsp3) is 0.857. The van der Waals surface area contributed by atoms with Crippen molar-refractivity contribution in [1.82, 2.24) is 5.32 Å². The third-order valence-electron chi connectivity index (χ3n) is 4.23. The van der Waals surface area contributed by atoms with Gasteiger partial charge < -0.3 is 15.2 Å². The summed E-state index contributed by atoms with van der Waals surface area (Å²) in [7, 11) is 0. The normalized spacial score (nSPS) is 34.7. The molecule has 2 rings (SSSR count). The molecule has 5 nitrogen and oxygen atoms in total. The number of esters is 1. The van der Waals surface area contributed by atoms with Crippen LogP contribution in [-0.2, 0) is 14.3 Å². The topological polar surface area (TPSA) is 75.6 Å². The van der Waals surface area contributed by atoms with E-state index in [1.54, 1.807) is 0 Å². The minimum Gasteiger partial charge on any atom is -0.481 e. The lowest BCUT2D eigenvalue weighted by atomic mass is 9.53. The van der Waals surface area contributed by atoms with Crippen LogP contribution in [0.25, 0.3) is 0 Å². The maximum absolute atomic E-state index is 12.3. The van der Waals surface area contributed by atoms with Gasteiger partial charge in [-0.15, -0.1) is 0 Å². The Labute approximate surface area is 113 Å². The number of piperidine rings is 1. The summed E-state index contributed by atoms with van der Waals surface area (Å²) in [5.41, 5.74) is -0.650. The van der Waals surface area contributed by atoms with Crippen LogP contribution in [0.1, 0.15) is 40.0 Å². The van der Waals surface area contributed by atoms with Crippen LogP contribution in [-0.4, -0.2) is 35.7 Å². The standard InChI is InChI=1S/C14H23NO4/c1-13(2,3)19-12(18)10-8-15-5-4-14(10)6-9(7-14)11(16)17/h9-10,15H,4-8H2,1-3H3,(H,16,17). The predicted octanol–water partition coefficient (Wildman–Crippen LogP) is 1.42. The molecule has 1 heterocycles. The predicted molar refractivity (Wildman–Crippen MR) is 69.6 cm³/mol. The molecule has 1 spiro atoms. The quantitative estimate of drug-likeness (QED) is 0.741. The average Bonchev–Trinajstić information content (AvgIpc) is 2.22. The maximum atomic E-state index is 12.3. The smallest absolute Gasteiger partial charge is 0.311 e. The van der Waals surface area contributed by atoms with Gasteiger partial charge in [-0.3, -0.25) is 9.59 Å². The number of ether oxygens (including phenoxy) is 1. The summed E-state index contributed by atoms with van der Waals surface area (Å²) in [6.07, 6.45) is 2.07. The SMILES string of the molecule is CC(C)(C)OC(=O)C1CNCCC12CC(C(=O)O)C2. The first-order valence-corrected chi connectivity index (χ1v) is 6.90. The summed E-state index contributed by atoms with van der Waals surface area (Å²) in [6, 6.07) is 0. The molecule has 0 amide bonds. The molecule has 19 heavy (non-hydrogen) atoms. The minimum atomic E-state index is -0.743. The van der Waals surface area contributed by atoms with E-state index in [9.17, 15) is 9.59 Å². The van der Waals surface area contributed by atoms with Crippen LogP contribution in [0, 0.1) is 17.3 Å². The Kier molecular flexibility index (Phi) is 3.60. The average molecular weight is 269 g/mol. The van der Waals surface area contributed by atoms with Gasteiger partial charge in [0.2, 0.25) is 0 Å². The molecule has 2 N–H and O–H groups in total. The first kappa shape index (κ1) is 14.3. The summed E-state index contributed by atoms with van der Waals surface area (Å²) in [5.74, 6) is -1.44. The molecule has 1 unspecified atom stereocenters. The van der Waals surface area contributed by atoms with Crippen molar-refractivity contribution >= 4 is 11.9 Å². The van der Waals surface area contributed by atoms with Gasteiger partial charge in [0, 0.05) is 6.54 Å². The number of hydrogen-bond acceptors (Lipinski definition) is 4. The van der Waals surface area contributed by atoms with Gasteiger partial charge in [0.1, 0.15) is 5.60 Å². The van der Waals surface area contributed by atoms with Crippen molar-refractivity contribution in [2.24, 2.45) is 17.3 Å². The molecule has 2 aliphatic rings. The second-order valence-electron chi connectivity index (χ2n) is 6.85. The minimum absolute atomic E-state index is 0.156. The van der Waals surface area contributed by atoms with Crippen LogP contribution in [0.5, 0.6) is 0 Å². The zero-order valence-electron chi connectivity index (χ0n) is 11.9. The van der Waals surface area contributed by atoms with E-state index < -0.39 is 11.6 Å². The lowest BCUT2D eigenvalue weighted by Crippen LogP contribution is -2.57. The van der Waals surface area contributed by atoms with Gasteiger partial charge >= 0.3 is 11.9 Å². The molecular formula is C14H23NO4. The highest BCUT2D eigenvalue weighted by Gasteiger charge is 2.55. The molecule has 1 aliphatic carbocycles. The van der Waals surface area contributed by atoms with E-state index in [-0.39, 0.29) is 23.2 Å². The van der Waals surface area contributed by atoms with Crippen molar-refractivity contribution in [2.45, 2.75) is 45.6 Å². The number of carbonyl (C=O) groups is 2. The molecule has 2 fully saturated rings. The number of carboxylic acid groups (broad SMARTS) is 1. The second kappa shape index (κ2) is 4.78. The number of carbonyl (C=O) groups excluding carboxylic acids is 1. The van der Waals surface area contributed by atoms with Crippen molar-refractivity contribution in [2.75, 3.05) is 13.1 Å². The zero-order chi connectivity index (χ0) is 14.3. The van der Waals surface area contributed by atoms with Crippen molar-refractivity contribution in [3.8, 4) is 0 Å². The van der Waals surface area contributed by atoms with Gasteiger partial charge in [-0.2, -0.15) is 0 Å². The van der Waals surface area contributed by atoms with Gasteiger partial charge in [0.15, 0.2) is 0 Å². The Hall–Kier alpha value is -1.10. The summed E-state index contributed by atoms with van der Waals surface area (Å²) in [6.45, 7) is 7.02. The molecule has 0 aromatic carbocycles. The molecule has 0 radical (unpaired) electrons. The van der Waals surface area contributed by atoms with Crippen LogP contribution in [0.4, 0.5) is 0 Å². The molecule has 1 saturated carbocycles. The monoisotopic (exact) mass is 269 g/mol. The van der Waals surface area contributed by atoms with Crippen molar-refractivity contribution in [1.29, 1.82) is 0 Å². The number of aliphatic carboxylic acids is 1. The summed E-state index contributed by atoms with van der Waals surface area (Å²) in [4.78, 5) is 23.3. The van der Waals surface area contributed by atoms with Crippen LogP contribution in [0.2, 0.25) is 0 Å². The van der Waals surface area contributed by atoms with Crippen LogP contribution in [0.15, 0.2) is 0 Å². The van der Waals surface area contributed by atoms with Gasteiger partial charge in [0.25, 0.3) is 0 Å². The molecule has 0 aromatic rings. The fourth-order valence-corrected chi connectivity index (χ4v) is 3.27. The van der Waals surface area contributed by atoms with E-state index in [1.165, 1.54) is 0 Å². The Balaban J connectivity index is 2.06. The third kappa shape index (κ3) is 2.91. The first-order chi connectivity index (χ1) is 8.73. The number of nitrogens with one attached hydrogen (secondary N) is 1. The molecule has 1 atom stereocenters. The molecule has 1 saturated heterocycles. The number of carboxylic acids is 1. The maximum Gasteiger partial charge on any atom is 0.311 e. The van der Waals surface area contributed by atoms with Gasteiger partial charge in [-0.25, -0.2) is 0 Å². The van der Waals surface area contributed by atoms with E-state index in [1.807, 2.05) is 20.8 Å². The van der Waals surface area contributed by atoms with E-state index >= 15 is 0 Å². The molecule has 5 heteroatoms. The summed E-state index contributed by atoms with van der Waals surface area (Å²) >= 11 is 0. The van der Waals surface area contributed by atoms with Crippen LogP contribution in [0.3, 0.4) is 0 Å². The Morgan fingerprint density at radius 2 is 1.95 bits per heavy atom. The van der Waals surface area contributed by atoms with Gasteiger partial charge in [0.05, 0.1) is 11.8 Å². The summed E-state index contributed by atoms with van der Waals surface area (Å²) in [5, 5.41) is 12.2. The van der Waals surface area contributed by atoms with Crippen LogP contribution < -0.4 is 5.32 Å². The number of rotatable bonds is 2. The highest BCUT2D eigenvalue weighted by Crippen LogP contribution is 2.54. The van der Waals surface area contributed by atoms with E-state index in [0.29, 0.717) is 19.4 Å². The Morgan fingerprint density at radius 1 is 1.32 bits per heavy atom. The van der Waals surface area contributed by atoms with Crippen molar-refractivity contribution < 1.29 is 19.4 Å². The van der Waals surface area contributed by atoms with Crippen molar-refractivity contribution in [3.63, 3.8) is 0 Å². The largest absolute Gasteiger partial charge is 0.481 e. The Morgan fingerprint density at radius 3 is 2.47 bits per heavy atom. The fourth-order valence-electron chi connectivity index (χ4n) is 3.27. The molecular weight excluding hydrogens is 246 g/mol. The third-order valence-corrected chi connectivity index (χ3v) is 4.23. The van der Waals surface area contributed by atoms with Crippen LogP contribution >= 0.6 is 0 Å². The lowest BCUT2D eigenvalue weighted by Gasteiger charge is -2.52. The van der Waals surface area contributed by atoms with E-state index in [0.717, 1.165) is 13.0 Å². The van der Waals surface area contributed by atoms with Gasteiger partial charge in [-0.05, 0) is 52.0 Å². The van der Waals surface area contributed by atoms with Gasteiger partial charge in [-0.1, -0.05) is 0 Å². The van der Waals surface area contributed by atoms with E-state index in [2.05, 4.69) is 5.32 Å². The first-order valence-electron chi connectivity index (χ1n) is 6.90. The highest BCUT2D eigenvalue weighted by molar-refractivity contribution is 5.76.